The molecular weight excluding hydrogens is 290 g/mol. The number of ether oxygens (including phenoxy) is 2. The van der Waals surface area contributed by atoms with Crippen LogP contribution in [0.4, 0.5) is 4.79 Å². The Labute approximate surface area is 127 Å². The summed E-state index contributed by atoms with van der Waals surface area (Å²) in [5, 5.41) is 16.2. The lowest BCUT2D eigenvalue weighted by Crippen LogP contribution is -2.45. The van der Waals surface area contributed by atoms with Crippen LogP contribution in [0.3, 0.4) is 0 Å². The summed E-state index contributed by atoms with van der Waals surface area (Å²) < 4.78 is 10.7. The van der Waals surface area contributed by atoms with Crippen molar-refractivity contribution in [3.05, 3.63) is 45.3 Å². The quantitative estimate of drug-likeness (QED) is 0.639. The molecule has 0 bridgehead atoms. The Balaban J connectivity index is 2.47. The SMILES string of the molecule is CCOc1ccc([C@H]2NC(=O)NC(C)=C2[N+](=O)[O-])cc1OC. The van der Waals surface area contributed by atoms with E-state index in [-0.39, 0.29) is 11.4 Å². The Morgan fingerprint density at radius 1 is 1.36 bits per heavy atom. The number of nitrogens with one attached hydrogen (secondary N) is 2. The molecule has 0 fully saturated rings. The number of amides is 2. The van der Waals surface area contributed by atoms with Crippen LogP contribution in [-0.4, -0.2) is 24.7 Å². The van der Waals surface area contributed by atoms with Crippen molar-refractivity contribution in [1.29, 1.82) is 0 Å². The number of benzene rings is 1. The molecule has 1 aromatic carbocycles. The molecule has 0 radical (unpaired) electrons. The zero-order valence-corrected chi connectivity index (χ0v) is 12.5. The highest BCUT2D eigenvalue weighted by atomic mass is 16.6. The summed E-state index contributed by atoms with van der Waals surface area (Å²) in [7, 11) is 1.48. The Kier molecular flexibility index (Phi) is 4.50. The van der Waals surface area contributed by atoms with Gasteiger partial charge in [-0.2, -0.15) is 0 Å². The highest BCUT2D eigenvalue weighted by Crippen LogP contribution is 2.34. The maximum atomic E-state index is 11.6. The third-order valence-corrected chi connectivity index (χ3v) is 3.25. The van der Waals surface area contributed by atoms with Crippen LogP contribution in [0.25, 0.3) is 0 Å². The van der Waals surface area contributed by atoms with Gasteiger partial charge in [-0.25, -0.2) is 4.79 Å². The van der Waals surface area contributed by atoms with Crippen molar-refractivity contribution in [3.63, 3.8) is 0 Å². The number of urea groups is 1. The van der Waals surface area contributed by atoms with Crippen LogP contribution in [0.2, 0.25) is 0 Å². The van der Waals surface area contributed by atoms with Crippen LogP contribution in [0.1, 0.15) is 25.5 Å². The number of hydrogen-bond donors (Lipinski definition) is 2. The summed E-state index contributed by atoms with van der Waals surface area (Å²) in [6, 6.07) is 3.62. The van der Waals surface area contributed by atoms with Crippen LogP contribution in [0.5, 0.6) is 11.5 Å². The zero-order chi connectivity index (χ0) is 16.3. The second kappa shape index (κ2) is 6.33. The molecule has 118 valence electrons. The average Bonchev–Trinajstić information content (AvgIpc) is 2.46. The first-order valence-corrected chi connectivity index (χ1v) is 6.71. The summed E-state index contributed by atoms with van der Waals surface area (Å²) in [6.45, 7) is 3.81. The number of hydrogen-bond acceptors (Lipinski definition) is 5. The van der Waals surface area contributed by atoms with Crippen molar-refractivity contribution in [2.45, 2.75) is 19.9 Å². The summed E-state index contributed by atoms with van der Waals surface area (Å²) in [4.78, 5) is 22.4. The van der Waals surface area contributed by atoms with E-state index in [1.54, 1.807) is 18.2 Å². The fraction of sp³-hybridized carbons (Fsp3) is 0.357. The molecule has 8 nitrogen and oxygen atoms in total. The first-order valence-electron chi connectivity index (χ1n) is 6.71. The van der Waals surface area contributed by atoms with E-state index < -0.39 is 17.0 Å². The molecule has 2 amide bonds. The van der Waals surface area contributed by atoms with Gasteiger partial charge in [-0.1, -0.05) is 6.07 Å². The molecule has 8 heteroatoms. The molecule has 1 aliphatic heterocycles. The largest absolute Gasteiger partial charge is 0.493 e. The predicted molar refractivity (Wildman–Crippen MR) is 78.3 cm³/mol. The van der Waals surface area contributed by atoms with E-state index in [1.165, 1.54) is 14.0 Å². The van der Waals surface area contributed by atoms with Crippen molar-refractivity contribution < 1.29 is 19.2 Å². The lowest BCUT2D eigenvalue weighted by Gasteiger charge is -2.24. The monoisotopic (exact) mass is 307 g/mol. The fourth-order valence-electron chi connectivity index (χ4n) is 2.31. The number of carbonyl (C=O) groups excluding carboxylic acids is 1. The molecule has 0 spiro atoms. The lowest BCUT2D eigenvalue weighted by molar-refractivity contribution is -0.432. The molecule has 1 heterocycles. The smallest absolute Gasteiger partial charge is 0.320 e. The van der Waals surface area contributed by atoms with Crippen molar-refractivity contribution in [3.8, 4) is 11.5 Å². The maximum absolute atomic E-state index is 11.6. The second-order valence-corrected chi connectivity index (χ2v) is 4.64. The molecule has 0 saturated heterocycles. The minimum atomic E-state index is -0.853. The summed E-state index contributed by atoms with van der Waals surface area (Å²) >= 11 is 0. The van der Waals surface area contributed by atoms with Crippen molar-refractivity contribution in [1.82, 2.24) is 10.6 Å². The van der Waals surface area contributed by atoms with E-state index in [1.807, 2.05) is 6.92 Å². The molecule has 2 N–H and O–H groups in total. The van der Waals surface area contributed by atoms with Gasteiger partial charge in [0.2, 0.25) is 0 Å². The summed E-state index contributed by atoms with van der Waals surface area (Å²) in [5.74, 6) is 0.991. The number of nitrogens with zero attached hydrogens (tertiary/aromatic N) is 1. The molecule has 1 aliphatic rings. The molecule has 1 atom stereocenters. The predicted octanol–water partition coefficient (Wildman–Crippen LogP) is 1.96. The van der Waals surface area contributed by atoms with Crippen molar-refractivity contribution >= 4 is 6.03 Å². The molecule has 0 saturated carbocycles. The van der Waals surface area contributed by atoms with Crippen LogP contribution in [0, 0.1) is 10.1 Å². The van der Waals surface area contributed by atoms with Crippen LogP contribution in [-0.2, 0) is 0 Å². The van der Waals surface area contributed by atoms with Crippen molar-refractivity contribution in [2.75, 3.05) is 13.7 Å². The number of nitro groups is 1. The van der Waals surface area contributed by atoms with E-state index in [2.05, 4.69) is 10.6 Å². The molecule has 22 heavy (non-hydrogen) atoms. The Morgan fingerprint density at radius 2 is 2.09 bits per heavy atom. The van der Waals surface area contributed by atoms with Gasteiger partial charge < -0.3 is 20.1 Å². The Morgan fingerprint density at radius 3 is 2.68 bits per heavy atom. The van der Waals surface area contributed by atoms with Gasteiger partial charge in [0, 0.05) is 0 Å². The number of carbonyl (C=O) groups is 1. The van der Waals surface area contributed by atoms with Crippen LogP contribution in [0.15, 0.2) is 29.6 Å². The van der Waals surface area contributed by atoms with E-state index >= 15 is 0 Å². The highest BCUT2D eigenvalue weighted by Gasteiger charge is 2.35. The van der Waals surface area contributed by atoms with Gasteiger partial charge in [-0.05, 0) is 31.5 Å². The van der Waals surface area contributed by atoms with Gasteiger partial charge in [0.1, 0.15) is 6.04 Å². The van der Waals surface area contributed by atoms with Gasteiger partial charge in [-0.15, -0.1) is 0 Å². The van der Waals surface area contributed by atoms with E-state index in [0.29, 0.717) is 23.7 Å². The van der Waals surface area contributed by atoms with Gasteiger partial charge in [-0.3, -0.25) is 10.1 Å². The topological polar surface area (TPSA) is 103 Å². The normalized spacial score (nSPS) is 17.6. The van der Waals surface area contributed by atoms with Crippen LogP contribution >= 0.6 is 0 Å². The van der Waals surface area contributed by atoms with Crippen molar-refractivity contribution in [2.24, 2.45) is 0 Å². The van der Waals surface area contributed by atoms with E-state index in [9.17, 15) is 14.9 Å². The average molecular weight is 307 g/mol. The fourth-order valence-corrected chi connectivity index (χ4v) is 2.31. The zero-order valence-electron chi connectivity index (χ0n) is 12.5. The maximum Gasteiger partial charge on any atom is 0.320 e. The molecule has 2 rings (SSSR count). The van der Waals surface area contributed by atoms with E-state index in [0.717, 1.165) is 0 Å². The molecule has 0 aromatic heterocycles. The third kappa shape index (κ3) is 2.95. The number of rotatable bonds is 5. The number of allylic oxidation sites excluding steroid dienone is 1. The Bertz CT molecular complexity index is 641. The van der Waals surface area contributed by atoms with Crippen LogP contribution < -0.4 is 20.1 Å². The number of methoxy groups -OCH3 is 1. The minimum absolute atomic E-state index is 0.106. The molecule has 0 aliphatic carbocycles. The molecule has 0 unspecified atom stereocenters. The minimum Gasteiger partial charge on any atom is -0.493 e. The third-order valence-electron chi connectivity index (χ3n) is 3.25. The lowest BCUT2D eigenvalue weighted by atomic mass is 10.0. The van der Waals surface area contributed by atoms with Gasteiger partial charge in [0.15, 0.2) is 11.5 Å². The molecule has 1 aromatic rings. The standard InChI is InChI=1S/C14H17N3O5/c1-4-22-10-6-5-9(7-11(10)21-3)12-13(17(19)20)8(2)15-14(18)16-12/h5-7,12H,4H2,1-3H3,(H2,15,16,18)/t12-/m1/s1. The van der Waals surface area contributed by atoms with E-state index in [4.69, 9.17) is 9.47 Å². The Hall–Kier alpha value is -2.77. The molecular formula is C14H17N3O5. The highest BCUT2D eigenvalue weighted by molar-refractivity contribution is 5.78. The first kappa shape index (κ1) is 15.6. The summed E-state index contributed by atoms with van der Waals surface area (Å²) in [6.07, 6.45) is 0. The van der Waals surface area contributed by atoms with Gasteiger partial charge in [0.05, 0.1) is 24.3 Å². The second-order valence-electron chi connectivity index (χ2n) is 4.64. The van der Waals surface area contributed by atoms with Gasteiger partial charge >= 0.3 is 6.03 Å². The van der Waals surface area contributed by atoms with Gasteiger partial charge in [0.25, 0.3) is 5.70 Å². The summed E-state index contributed by atoms with van der Waals surface area (Å²) in [5.41, 5.74) is 0.651. The first-order chi connectivity index (χ1) is 10.5.